The highest BCUT2D eigenvalue weighted by molar-refractivity contribution is 7.90. The fourth-order valence-electron chi connectivity index (χ4n) is 9.38. The van der Waals surface area contributed by atoms with Gasteiger partial charge in [-0.15, -0.1) is 0 Å². The van der Waals surface area contributed by atoms with Crippen LogP contribution >= 0.6 is 23.2 Å². The van der Waals surface area contributed by atoms with Crippen molar-refractivity contribution >= 4 is 68.2 Å². The predicted octanol–water partition coefficient (Wildman–Crippen LogP) is 8.75. The van der Waals surface area contributed by atoms with Gasteiger partial charge in [0.1, 0.15) is 17.4 Å². The number of hydrogen-bond donors (Lipinski definition) is 0. The molecule has 1 unspecified atom stereocenters. The maximum Gasteiger partial charge on any atom is 0.410 e. The van der Waals surface area contributed by atoms with Crippen LogP contribution in [0.2, 0.25) is 10.0 Å². The second-order valence-corrected chi connectivity index (χ2v) is 18.6. The molecule has 10 rings (SSSR count). The number of benzene rings is 2. The quantitative estimate of drug-likeness (QED) is 0.174. The van der Waals surface area contributed by atoms with Gasteiger partial charge in [0.15, 0.2) is 5.82 Å². The lowest BCUT2D eigenvalue weighted by molar-refractivity contribution is -0.134. The van der Waals surface area contributed by atoms with Crippen molar-refractivity contribution in [2.75, 3.05) is 12.8 Å². The minimum atomic E-state index is -1.62. The minimum Gasteiger partial charge on any atom is -0.610 e. The third kappa shape index (κ3) is 5.61. The Morgan fingerprint density at radius 2 is 1.87 bits per heavy atom. The van der Waals surface area contributed by atoms with Gasteiger partial charge in [0.2, 0.25) is 5.91 Å². The fourth-order valence-corrected chi connectivity index (χ4v) is 10.5. The lowest BCUT2D eigenvalue weighted by atomic mass is 9.79. The van der Waals surface area contributed by atoms with Crippen LogP contribution in [0.25, 0.3) is 32.9 Å². The molecule has 7 atom stereocenters. The number of pyridine rings is 1. The molecule has 9 nitrogen and oxygen atoms in total. The Bertz CT molecular complexity index is 2280. The van der Waals surface area contributed by atoms with Crippen molar-refractivity contribution in [2.45, 2.75) is 101 Å². The van der Waals surface area contributed by atoms with Gasteiger partial charge < -0.3 is 23.7 Å². The van der Waals surface area contributed by atoms with Crippen molar-refractivity contribution in [1.82, 2.24) is 19.4 Å². The first-order chi connectivity index (χ1) is 25.3. The molecule has 2 aromatic heterocycles. The Hall–Kier alpha value is -3.56. The number of nitrogens with zero attached hydrogens (tertiary/aromatic N) is 5. The van der Waals surface area contributed by atoms with Gasteiger partial charge >= 0.3 is 6.09 Å². The highest BCUT2D eigenvalue weighted by Gasteiger charge is 2.60. The molecule has 3 aliphatic carbocycles. The Kier molecular flexibility index (Phi) is 8.28. The number of nitriles is 1. The molecular weight excluding hydrogens is 736 g/mol. The van der Waals surface area contributed by atoms with Crippen molar-refractivity contribution in [3.63, 3.8) is 0 Å². The molecule has 3 saturated carbocycles. The number of hydrogen-bond acceptors (Lipinski definition) is 6. The number of halogens is 3. The smallest absolute Gasteiger partial charge is 0.410 e. The van der Waals surface area contributed by atoms with E-state index in [1.807, 2.05) is 37.8 Å². The van der Waals surface area contributed by atoms with Crippen LogP contribution in [-0.4, -0.2) is 66.4 Å². The van der Waals surface area contributed by atoms with Gasteiger partial charge in [-0.05, 0) is 89.0 Å². The van der Waals surface area contributed by atoms with Gasteiger partial charge in [-0.3, -0.25) is 4.79 Å². The van der Waals surface area contributed by atoms with E-state index in [0.29, 0.717) is 39.9 Å². The number of aromatic nitrogens is 2. The highest BCUT2D eigenvalue weighted by atomic mass is 35.5. The summed E-state index contributed by atoms with van der Waals surface area (Å²) in [5, 5.41) is 11.5. The van der Waals surface area contributed by atoms with E-state index in [1.165, 1.54) is 0 Å². The molecule has 5 heterocycles. The molecule has 276 valence electrons. The average Bonchev–Trinajstić information content (AvgIpc) is 3.90. The summed E-state index contributed by atoms with van der Waals surface area (Å²) in [7, 11) is 0. The lowest BCUT2D eigenvalue weighted by Gasteiger charge is -2.41. The zero-order valence-electron chi connectivity index (χ0n) is 30.0. The predicted molar refractivity (Wildman–Crippen MR) is 202 cm³/mol. The largest absolute Gasteiger partial charge is 0.610 e. The van der Waals surface area contributed by atoms with Crippen LogP contribution in [0.3, 0.4) is 0 Å². The third-order valence-corrected chi connectivity index (χ3v) is 13.6. The van der Waals surface area contributed by atoms with E-state index in [1.54, 1.807) is 24.5 Å². The topological polar surface area (TPSA) is 115 Å². The summed E-state index contributed by atoms with van der Waals surface area (Å²) < 4.78 is 39.1. The molecule has 6 fully saturated rings. The summed E-state index contributed by atoms with van der Waals surface area (Å²) in [4.78, 5) is 36.2. The van der Waals surface area contributed by atoms with Gasteiger partial charge in [-0.2, -0.15) is 10.2 Å². The number of likely N-dealkylation sites (tertiary alicyclic amines) is 1. The molecule has 3 saturated heterocycles. The van der Waals surface area contributed by atoms with E-state index >= 15 is 4.39 Å². The number of carbonyl (C=O) groups excluding carboxylic acids is 2. The number of carbonyl (C=O) groups is 2. The van der Waals surface area contributed by atoms with E-state index in [-0.39, 0.29) is 87.0 Å². The van der Waals surface area contributed by atoms with Crippen LogP contribution in [0.1, 0.15) is 82.6 Å². The molecule has 2 bridgehead atoms. The van der Waals surface area contributed by atoms with E-state index in [4.69, 9.17) is 32.9 Å². The van der Waals surface area contributed by atoms with E-state index in [9.17, 15) is 19.4 Å². The zero-order chi connectivity index (χ0) is 37.2. The molecule has 3 aliphatic heterocycles. The van der Waals surface area contributed by atoms with Crippen LogP contribution in [0.4, 0.5) is 9.18 Å². The average molecular weight is 777 g/mol. The maximum absolute atomic E-state index is 17.4. The Labute approximate surface area is 320 Å². The number of amides is 2. The minimum absolute atomic E-state index is 0.0381. The lowest BCUT2D eigenvalue weighted by Crippen LogP contribution is -2.45. The summed E-state index contributed by atoms with van der Waals surface area (Å²) in [5.41, 5.74) is 2.13. The molecule has 0 spiro atoms. The van der Waals surface area contributed by atoms with Crippen LogP contribution < -0.4 is 0 Å². The van der Waals surface area contributed by atoms with Gasteiger partial charge in [-0.1, -0.05) is 35.3 Å². The molecule has 4 aromatic rings. The first-order valence-electron chi connectivity index (χ1n) is 18.4. The number of aryl methyl sites for hydroxylation is 1. The SMILES string of the molecule is C[S+]([O-])c1nc2c(F)c(-c3cccc(Cl)c3Cl)c(CCC#N)cc2c2c1cc([C@H]1C[C@H]3C[C@H]3N1C(=O)C1CC1)n2[C@H]1[C@@H]2C[C@H]1N(C(=O)OC(C)(C)C)C2. The molecule has 0 radical (unpaired) electrons. The summed E-state index contributed by atoms with van der Waals surface area (Å²) in [6.07, 6.45) is 5.95. The van der Waals surface area contributed by atoms with Crippen LogP contribution in [-0.2, 0) is 27.1 Å². The Morgan fingerprint density at radius 3 is 2.57 bits per heavy atom. The first kappa shape index (κ1) is 35.2. The second kappa shape index (κ2) is 12.5. The number of ether oxygens (including phenoxy) is 1. The third-order valence-electron chi connectivity index (χ3n) is 11.9. The van der Waals surface area contributed by atoms with Gasteiger partial charge in [-0.25, -0.2) is 9.18 Å². The van der Waals surface area contributed by atoms with Crippen molar-refractivity contribution in [1.29, 1.82) is 5.26 Å². The molecule has 2 aromatic carbocycles. The zero-order valence-corrected chi connectivity index (χ0v) is 32.3. The molecule has 6 aliphatic rings. The molecule has 2 amide bonds. The number of piperidine rings is 1. The normalized spacial score (nSPS) is 26.5. The standard InChI is InChI=1S/C40H40Cl2FN5O4S/c1-40(2,3)52-39(50)46-18-22-16-30(46)35(22)48-29(28-15-21-14-27(21)47(28)38(49)19-10-11-19)17-25-36(48)24-13-20(7-6-12-44)31(23-8-5-9-26(41)32(23)42)33(43)34(24)45-37(25)53(4)51/h5,8-9,13,17,19,21-22,27-28,30,35H,6-7,10-11,14-16,18H2,1-4H3/t21-,22-,27-,28-,30-,35+,53?/m1/s1. The van der Waals surface area contributed by atoms with E-state index in [2.05, 4.69) is 15.5 Å². The maximum atomic E-state index is 17.4. The second-order valence-electron chi connectivity index (χ2n) is 16.5. The van der Waals surface area contributed by atoms with Crippen LogP contribution in [0.15, 0.2) is 35.4 Å². The van der Waals surface area contributed by atoms with E-state index in [0.717, 1.165) is 37.8 Å². The van der Waals surface area contributed by atoms with Crippen molar-refractivity contribution < 1.29 is 23.3 Å². The summed E-state index contributed by atoms with van der Waals surface area (Å²) in [6, 6.07) is 10.8. The number of rotatable bonds is 7. The van der Waals surface area contributed by atoms with Crippen LogP contribution in [0, 0.1) is 34.9 Å². The summed E-state index contributed by atoms with van der Waals surface area (Å²) >= 11 is 11.5. The van der Waals surface area contributed by atoms with Crippen molar-refractivity contribution in [3.05, 3.63) is 57.5 Å². The molecule has 53 heavy (non-hydrogen) atoms. The molecular formula is C40H40Cl2FN5O4S. The van der Waals surface area contributed by atoms with Crippen LogP contribution in [0.5, 0.6) is 0 Å². The summed E-state index contributed by atoms with van der Waals surface area (Å²) in [6.45, 7) is 6.07. The molecule has 13 heteroatoms. The van der Waals surface area contributed by atoms with Crippen molar-refractivity contribution in [3.8, 4) is 17.2 Å². The van der Waals surface area contributed by atoms with Gasteiger partial charge in [0.05, 0.1) is 45.1 Å². The van der Waals surface area contributed by atoms with Gasteiger partial charge in [0, 0.05) is 64.2 Å². The molecule has 0 N–H and O–H groups in total. The summed E-state index contributed by atoms with van der Waals surface area (Å²) in [5.74, 6) is 0.116. The monoisotopic (exact) mass is 775 g/mol. The van der Waals surface area contributed by atoms with Gasteiger partial charge in [0.25, 0.3) is 5.03 Å². The fraction of sp³-hybridized carbons (Fsp3) is 0.500. The van der Waals surface area contributed by atoms with E-state index < -0.39 is 22.6 Å². The van der Waals surface area contributed by atoms with Crippen molar-refractivity contribution in [2.24, 2.45) is 17.8 Å². The highest BCUT2D eigenvalue weighted by Crippen LogP contribution is 2.59. The number of fused-ring (bicyclic) bond motifs is 5. The first-order valence-corrected chi connectivity index (χ1v) is 20.7. The Balaban J connectivity index is 1.31. The Morgan fingerprint density at radius 1 is 1.11 bits per heavy atom.